The summed E-state index contributed by atoms with van der Waals surface area (Å²) >= 11 is 0. The van der Waals surface area contributed by atoms with Crippen LogP contribution in [0, 0.1) is 0 Å². The van der Waals surface area contributed by atoms with Gasteiger partial charge in [-0.05, 0) is 110 Å². The van der Waals surface area contributed by atoms with Crippen molar-refractivity contribution in [1.82, 2.24) is 9.97 Å². The Morgan fingerprint density at radius 1 is 0.340 bits per heavy atom. The molecule has 0 fully saturated rings. The van der Waals surface area contributed by atoms with Crippen LogP contribution in [0.25, 0.3) is 66.4 Å². The van der Waals surface area contributed by atoms with Gasteiger partial charge in [-0.1, -0.05) is 97.1 Å². The molecule has 3 nitrogen and oxygen atoms in total. The molecule has 0 atom stereocenters. The highest BCUT2D eigenvalue weighted by Gasteiger charge is 2.22. The molecule has 1 aliphatic carbocycles. The van der Waals surface area contributed by atoms with Crippen LogP contribution in [0.5, 0.6) is 0 Å². The van der Waals surface area contributed by atoms with Crippen molar-refractivity contribution < 1.29 is 0 Å². The number of benzene rings is 6. The highest BCUT2D eigenvalue weighted by Crippen LogP contribution is 2.49. The maximum absolute atomic E-state index is 4.41. The van der Waals surface area contributed by atoms with Crippen LogP contribution in [0.1, 0.15) is 0 Å². The minimum atomic E-state index is 1.06. The minimum absolute atomic E-state index is 1.06. The van der Waals surface area contributed by atoms with Crippen LogP contribution in [0.2, 0.25) is 0 Å². The molecule has 2 aromatic heterocycles. The maximum atomic E-state index is 4.41. The lowest BCUT2D eigenvalue weighted by Crippen LogP contribution is -2.10. The van der Waals surface area contributed by atoms with Crippen molar-refractivity contribution in [2.75, 3.05) is 4.90 Å². The Labute approximate surface area is 274 Å². The van der Waals surface area contributed by atoms with E-state index >= 15 is 0 Å². The monoisotopic (exact) mass is 599 g/mol. The van der Waals surface area contributed by atoms with Gasteiger partial charge in [0.1, 0.15) is 0 Å². The summed E-state index contributed by atoms with van der Waals surface area (Å²) in [5, 5.41) is 2.63. The Bertz CT molecular complexity index is 2300. The van der Waals surface area contributed by atoms with Crippen LogP contribution in [0.15, 0.2) is 176 Å². The van der Waals surface area contributed by atoms with E-state index in [1.807, 2.05) is 36.9 Å². The first-order valence-electron chi connectivity index (χ1n) is 15.9. The number of fused-ring (bicyclic) bond motifs is 3. The second kappa shape index (κ2) is 11.2. The van der Waals surface area contributed by atoms with Crippen molar-refractivity contribution in [3.63, 3.8) is 0 Å². The van der Waals surface area contributed by atoms with Gasteiger partial charge in [-0.2, -0.15) is 0 Å². The molecular formula is C44H29N3. The molecule has 0 aliphatic heterocycles. The van der Waals surface area contributed by atoms with E-state index in [1.165, 1.54) is 44.2 Å². The van der Waals surface area contributed by atoms with E-state index in [1.54, 1.807) is 0 Å². The molecule has 0 spiro atoms. The van der Waals surface area contributed by atoms with Crippen molar-refractivity contribution in [1.29, 1.82) is 0 Å². The van der Waals surface area contributed by atoms with Gasteiger partial charge in [0.2, 0.25) is 0 Å². The zero-order valence-corrected chi connectivity index (χ0v) is 25.6. The summed E-state index contributed by atoms with van der Waals surface area (Å²) in [6.45, 7) is 0. The zero-order valence-electron chi connectivity index (χ0n) is 25.6. The van der Waals surface area contributed by atoms with E-state index in [-0.39, 0.29) is 0 Å². The van der Waals surface area contributed by atoms with Gasteiger partial charge in [-0.25, -0.2) is 0 Å². The first-order chi connectivity index (χ1) is 23.3. The van der Waals surface area contributed by atoms with Crippen LogP contribution in [-0.2, 0) is 0 Å². The molecule has 0 N–H and O–H groups in total. The minimum Gasteiger partial charge on any atom is -0.310 e. The van der Waals surface area contributed by atoms with Crippen molar-refractivity contribution in [3.05, 3.63) is 176 Å². The van der Waals surface area contributed by atoms with Gasteiger partial charge in [0.15, 0.2) is 0 Å². The molecule has 220 valence electrons. The summed E-state index contributed by atoms with van der Waals surface area (Å²) in [6.07, 6.45) is 7.47. The summed E-state index contributed by atoms with van der Waals surface area (Å²) < 4.78 is 0. The number of rotatable bonds is 6. The Kier molecular flexibility index (Phi) is 6.46. The van der Waals surface area contributed by atoms with Gasteiger partial charge in [-0.15, -0.1) is 0 Å². The van der Waals surface area contributed by atoms with Gasteiger partial charge >= 0.3 is 0 Å². The lowest BCUT2D eigenvalue weighted by molar-refractivity contribution is 1.28. The fourth-order valence-corrected chi connectivity index (χ4v) is 7.02. The van der Waals surface area contributed by atoms with Crippen molar-refractivity contribution in [2.45, 2.75) is 0 Å². The predicted octanol–water partition coefficient (Wildman–Crippen LogP) is 11.7. The van der Waals surface area contributed by atoms with E-state index < -0.39 is 0 Å². The number of aromatic nitrogens is 2. The molecule has 6 aromatic carbocycles. The van der Waals surface area contributed by atoms with E-state index in [0.717, 1.165) is 39.3 Å². The smallest absolute Gasteiger partial charge is 0.0473 e. The number of hydrogen-bond donors (Lipinski definition) is 0. The second-order valence-electron chi connectivity index (χ2n) is 11.9. The molecule has 47 heavy (non-hydrogen) atoms. The predicted molar refractivity (Wildman–Crippen MR) is 195 cm³/mol. The van der Waals surface area contributed by atoms with Crippen LogP contribution >= 0.6 is 0 Å². The third-order valence-electron chi connectivity index (χ3n) is 9.16. The van der Waals surface area contributed by atoms with Gasteiger partial charge in [-0.3, -0.25) is 9.97 Å². The Morgan fingerprint density at radius 3 is 1.55 bits per heavy atom. The van der Waals surface area contributed by atoms with E-state index in [9.17, 15) is 0 Å². The van der Waals surface area contributed by atoms with Crippen LogP contribution in [0.3, 0.4) is 0 Å². The van der Waals surface area contributed by atoms with Crippen LogP contribution < -0.4 is 4.90 Å². The number of pyridine rings is 2. The number of nitrogens with zero attached hydrogens (tertiary/aromatic N) is 3. The van der Waals surface area contributed by atoms with E-state index in [0.29, 0.717) is 0 Å². The van der Waals surface area contributed by atoms with E-state index in [2.05, 4.69) is 154 Å². The van der Waals surface area contributed by atoms with Crippen molar-refractivity contribution in [2.24, 2.45) is 0 Å². The topological polar surface area (TPSA) is 29.0 Å². The van der Waals surface area contributed by atoms with Gasteiger partial charge in [0.25, 0.3) is 0 Å². The fraction of sp³-hybridized carbons (Fsp3) is 0. The molecule has 0 saturated carbocycles. The number of anilines is 3. The highest BCUT2D eigenvalue weighted by atomic mass is 15.1. The normalized spacial score (nSPS) is 11.4. The molecule has 0 bridgehead atoms. The molecule has 0 amide bonds. The lowest BCUT2D eigenvalue weighted by atomic mass is 9.94. The summed E-state index contributed by atoms with van der Waals surface area (Å²) in [5.74, 6) is 0. The summed E-state index contributed by atoms with van der Waals surface area (Å²) in [5.41, 5.74) is 15.3. The third kappa shape index (κ3) is 4.68. The number of hydrogen-bond acceptors (Lipinski definition) is 3. The van der Waals surface area contributed by atoms with Crippen molar-refractivity contribution in [3.8, 4) is 55.6 Å². The van der Waals surface area contributed by atoms with E-state index in [4.69, 9.17) is 0 Å². The summed E-state index contributed by atoms with van der Waals surface area (Å²) in [4.78, 5) is 11.2. The fourth-order valence-electron chi connectivity index (χ4n) is 7.02. The molecular weight excluding hydrogens is 571 g/mol. The Hall–Kier alpha value is -6.32. The second-order valence-corrected chi connectivity index (χ2v) is 11.9. The van der Waals surface area contributed by atoms with Gasteiger partial charge < -0.3 is 4.90 Å². The molecule has 2 heterocycles. The Morgan fingerprint density at radius 2 is 0.915 bits per heavy atom. The third-order valence-corrected chi connectivity index (χ3v) is 9.16. The Balaban J connectivity index is 1.18. The summed E-state index contributed by atoms with van der Waals surface area (Å²) in [6, 6.07) is 54.5. The van der Waals surface area contributed by atoms with Crippen molar-refractivity contribution >= 4 is 27.8 Å². The first kappa shape index (κ1) is 27.0. The lowest BCUT2D eigenvalue weighted by Gasteiger charge is -2.27. The van der Waals surface area contributed by atoms with Gasteiger partial charge in [0, 0.05) is 53.0 Å². The largest absolute Gasteiger partial charge is 0.310 e. The molecule has 9 rings (SSSR count). The first-order valence-corrected chi connectivity index (χ1v) is 15.9. The SMILES string of the molecule is c1ccc(N(c2ccc(-c3ccc4c5c(cccc35)-c3ccccc3-4)cc2)c2cc(-c3cccnc3)cc(-c3cccnc3)c2)cc1. The summed E-state index contributed by atoms with van der Waals surface area (Å²) in [7, 11) is 0. The molecule has 8 aromatic rings. The standard InChI is InChI=1S/C44H29N3/c1-2-11-35(12-3-1)47(37-26-33(31-9-7-23-45-28-31)25-34(27-37)32-10-8-24-46-29-32)36-19-17-30(18-20-36)38-21-22-43-40-14-5-4-13-39(40)42-16-6-15-41(38)44(42)43/h1-29H. The van der Waals surface area contributed by atoms with Crippen LogP contribution in [0.4, 0.5) is 17.1 Å². The van der Waals surface area contributed by atoms with Gasteiger partial charge in [0.05, 0.1) is 0 Å². The number of para-hydroxylation sites is 1. The highest BCUT2D eigenvalue weighted by molar-refractivity contribution is 6.18. The molecule has 3 heteroatoms. The molecule has 0 saturated heterocycles. The zero-order chi connectivity index (χ0) is 31.2. The van der Waals surface area contributed by atoms with Crippen LogP contribution in [-0.4, -0.2) is 9.97 Å². The maximum Gasteiger partial charge on any atom is 0.0473 e. The average Bonchev–Trinajstić information content (AvgIpc) is 3.48. The molecule has 1 aliphatic rings. The molecule has 0 radical (unpaired) electrons. The molecule has 0 unspecified atom stereocenters. The average molecular weight is 600 g/mol. The quantitative estimate of drug-likeness (QED) is 0.190.